The summed E-state index contributed by atoms with van der Waals surface area (Å²) in [5.41, 5.74) is 17.4. The van der Waals surface area contributed by atoms with Gasteiger partial charge in [0.05, 0.1) is 18.5 Å². The Labute approximate surface area is 376 Å². The van der Waals surface area contributed by atoms with Crippen LogP contribution in [0.3, 0.4) is 0 Å². The van der Waals surface area contributed by atoms with Crippen molar-refractivity contribution in [1.29, 1.82) is 0 Å². The van der Waals surface area contributed by atoms with Gasteiger partial charge in [-0.1, -0.05) is 48.5 Å². The number of imide groups is 1. The number of rotatable bonds is 25. The summed E-state index contributed by atoms with van der Waals surface area (Å²) in [4.78, 5) is 114. The van der Waals surface area contributed by atoms with Gasteiger partial charge in [-0.05, 0) is 88.7 Å². The fraction of sp³-hybridized carbons (Fsp3) is 0.477. The summed E-state index contributed by atoms with van der Waals surface area (Å²) in [7, 11) is 1.62. The van der Waals surface area contributed by atoms with E-state index in [-0.39, 0.29) is 44.6 Å². The van der Waals surface area contributed by atoms with E-state index < -0.39 is 83.6 Å². The van der Waals surface area contributed by atoms with Crippen LogP contribution in [0.2, 0.25) is 0 Å². The number of aliphatic imine (C=N–C) groups is 1. The van der Waals surface area contributed by atoms with Crippen molar-refractivity contribution in [1.82, 2.24) is 47.1 Å². The van der Waals surface area contributed by atoms with E-state index in [4.69, 9.17) is 17.2 Å². The number of guanidine groups is 1. The highest BCUT2D eigenvalue weighted by molar-refractivity contribution is 6.10. The van der Waals surface area contributed by atoms with Gasteiger partial charge in [-0.25, -0.2) is 9.69 Å². The van der Waals surface area contributed by atoms with Gasteiger partial charge in [0, 0.05) is 36.6 Å². The number of carbonyl (C=O) groups excluding carboxylic acids is 8. The van der Waals surface area contributed by atoms with Gasteiger partial charge >= 0.3 is 6.03 Å². The van der Waals surface area contributed by atoms with Crippen LogP contribution in [0, 0.1) is 0 Å². The smallest absolute Gasteiger partial charge is 0.325 e. The Morgan fingerprint density at radius 2 is 1.54 bits per heavy atom. The predicted octanol–water partition coefficient (Wildman–Crippen LogP) is -1.55. The molecule has 2 aliphatic rings. The Kier molecular flexibility index (Phi) is 17.9. The van der Waals surface area contributed by atoms with Gasteiger partial charge < -0.3 is 64.2 Å². The molecule has 21 heteroatoms. The highest BCUT2D eigenvalue weighted by Crippen LogP contribution is 2.31. The second kappa shape index (κ2) is 23.7. The molecule has 0 bridgehead atoms. The Morgan fingerprint density at radius 1 is 0.862 bits per heavy atom. The van der Waals surface area contributed by atoms with Crippen molar-refractivity contribution in [2.75, 3.05) is 33.2 Å². The highest BCUT2D eigenvalue weighted by Gasteiger charge is 2.55. The monoisotopic (exact) mass is 899 g/mol. The van der Waals surface area contributed by atoms with Crippen molar-refractivity contribution in [3.05, 3.63) is 71.9 Å². The average molecular weight is 900 g/mol. The molecule has 2 fully saturated rings. The summed E-state index contributed by atoms with van der Waals surface area (Å²) in [6, 6.07) is 10.8. The number of nitrogens with zero attached hydrogens (tertiary/aromatic N) is 2. The number of aldehydes is 1. The SMILES string of the molecule is CNC(CCCN=C(N)N)C(=O)NC(Cc1c[nH]c2ccccc12)C(=O)NC(CCCCNC(=O)CC1NC(=O)N(C2(C(=O)NC(C=O)Cc3ccccc3)CCNCC2)C1=O)C(N)=O. The Balaban J connectivity index is 1.13. The van der Waals surface area contributed by atoms with E-state index in [0.717, 1.165) is 26.9 Å². The number of primary amides is 1. The van der Waals surface area contributed by atoms with Crippen LogP contribution in [-0.2, 0) is 46.4 Å². The molecular formula is C44H61N13O8. The highest BCUT2D eigenvalue weighted by atomic mass is 16.2. The number of nitrogens with one attached hydrogen (secondary N) is 8. The van der Waals surface area contributed by atoms with Gasteiger partial charge in [-0.15, -0.1) is 0 Å². The first kappa shape index (κ1) is 49.2. The number of likely N-dealkylation sites (N-methyl/N-ethyl adjacent to an activating group) is 1. The second-order valence-electron chi connectivity index (χ2n) is 16.3. The molecule has 5 atom stereocenters. The molecule has 2 saturated heterocycles. The first-order valence-corrected chi connectivity index (χ1v) is 21.9. The first-order chi connectivity index (χ1) is 31.3. The lowest BCUT2D eigenvalue weighted by molar-refractivity contribution is -0.145. The molecule has 8 amide bonds. The molecule has 0 spiro atoms. The van der Waals surface area contributed by atoms with Crippen LogP contribution in [0.25, 0.3) is 10.9 Å². The fourth-order valence-electron chi connectivity index (χ4n) is 8.20. The van der Waals surface area contributed by atoms with E-state index in [1.54, 1.807) is 13.2 Å². The Bertz CT molecular complexity index is 2190. The van der Waals surface area contributed by atoms with Crippen molar-refractivity contribution in [3.8, 4) is 0 Å². The van der Waals surface area contributed by atoms with Crippen molar-refractivity contribution < 1.29 is 38.4 Å². The maximum atomic E-state index is 13.9. The minimum atomic E-state index is -1.57. The quantitative estimate of drug-likeness (QED) is 0.0152. The van der Waals surface area contributed by atoms with Crippen molar-refractivity contribution in [2.45, 2.75) is 100.0 Å². The number of H-pyrrole nitrogens is 1. The van der Waals surface area contributed by atoms with Gasteiger partial charge in [0.2, 0.25) is 29.5 Å². The number of piperidine rings is 1. The number of hydrogen-bond donors (Lipinski definition) is 11. The molecule has 0 aliphatic carbocycles. The van der Waals surface area contributed by atoms with Crippen LogP contribution >= 0.6 is 0 Å². The van der Waals surface area contributed by atoms with Gasteiger partial charge in [0.1, 0.15) is 30.0 Å². The molecule has 2 aromatic carbocycles. The van der Waals surface area contributed by atoms with E-state index >= 15 is 0 Å². The van der Waals surface area contributed by atoms with Gasteiger partial charge in [-0.2, -0.15) is 0 Å². The number of urea groups is 1. The van der Waals surface area contributed by atoms with Crippen molar-refractivity contribution >= 4 is 64.6 Å². The number of amides is 8. The second-order valence-corrected chi connectivity index (χ2v) is 16.3. The third-order valence-electron chi connectivity index (χ3n) is 11.7. The van der Waals surface area contributed by atoms with Crippen LogP contribution in [0.4, 0.5) is 4.79 Å². The van der Waals surface area contributed by atoms with Crippen molar-refractivity contribution in [3.63, 3.8) is 0 Å². The van der Waals surface area contributed by atoms with E-state index in [9.17, 15) is 38.4 Å². The molecule has 1 aromatic heterocycles. The molecule has 0 radical (unpaired) electrons. The van der Waals surface area contributed by atoms with Crippen LogP contribution in [0.5, 0.6) is 0 Å². The fourth-order valence-corrected chi connectivity index (χ4v) is 8.20. The largest absolute Gasteiger partial charge is 0.370 e. The van der Waals surface area contributed by atoms with E-state index in [1.807, 2.05) is 54.6 Å². The molecular weight excluding hydrogens is 839 g/mol. The zero-order chi connectivity index (χ0) is 46.9. The van der Waals surface area contributed by atoms with Gasteiger partial charge in [-0.3, -0.25) is 33.8 Å². The molecule has 5 unspecified atom stereocenters. The summed E-state index contributed by atoms with van der Waals surface area (Å²) < 4.78 is 0. The lowest BCUT2D eigenvalue weighted by atomic mass is 9.84. The normalized spacial score (nSPS) is 17.5. The van der Waals surface area contributed by atoms with E-state index in [1.165, 1.54) is 0 Å². The third-order valence-corrected chi connectivity index (χ3v) is 11.7. The van der Waals surface area contributed by atoms with Crippen molar-refractivity contribution in [2.24, 2.45) is 22.2 Å². The molecule has 3 heterocycles. The van der Waals surface area contributed by atoms with E-state index in [2.05, 4.69) is 47.2 Å². The van der Waals surface area contributed by atoms with Crippen LogP contribution < -0.4 is 54.4 Å². The standard InChI is InChI=1S/C44H61N13O8/c1-48-33(15-9-19-51-42(46)47)38(61)55-34(23-28-25-52-31-13-6-5-12-30(28)31)39(62)54-32(37(45)60)14-7-8-18-50-36(59)24-35-40(63)57(43(65)56-35)44(16-20-49-21-17-44)41(64)53-29(26-58)22-27-10-3-2-4-11-27/h2-6,10-13,25-26,29,32-35,48-49,52H,7-9,14-24H2,1H3,(H2,45,60)(H,50,59)(H,53,64)(H,54,62)(H,55,61)(H,56,65)(H4,46,47,51). The molecule has 2 aliphatic heterocycles. The predicted molar refractivity (Wildman–Crippen MR) is 241 cm³/mol. The number of aromatic amines is 1. The maximum absolute atomic E-state index is 13.9. The number of nitrogens with two attached hydrogens (primary N) is 3. The molecule has 14 N–H and O–H groups in total. The maximum Gasteiger partial charge on any atom is 0.325 e. The minimum absolute atomic E-state index is 0.0576. The molecule has 65 heavy (non-hydrogen) atoms. The Hall–Kier alpha value is -6.87. The molecule has 5 rings (SSSR count). The summed E-state index contributed by atoms with van der Waals surface area (Å²) in [6.07, 6.45) is 4.23. The number of carbonyl (C=O) groups is 8. The first-order valence-electron chi connectivity index (χ1n) is 21.9. The number of unbranched alkanes of at least 4 members (excludes halogenated alkanes) is 1. The number of fused-ring (bicyclic) bond motifs is 1. The molecule has 3 aromatic rings. The minimum Gasteiger partial charge on any atom is -0.370 e. The number of aromatic nitrogens is 1. The van der Waals surface area contributed by atoms with Gasteiger partial charge in [0.15, 0.2) is 5.96 Å². The zero-order valence-electron chi connectivity index (χ0n) is 36.5. The van der Waals surface area contributed by atoms with Crippen LogP contribution in [-0.4, -0.2) is 133 Å². The van der Waals surface area contributed by atoms with Gasteiger partial charge in [0.25, 0.3) is 5.91 Å². The third kappa shape index (κ3) is 13.3. The van der Waals surface area contributed by atoms with E-state index in [0.29, 0.717) is 51.6 Å². The zero-order valence-corrected chi connectivity index (χ0v) is 36.5. The average Bonchev–Trinajstić information content (AvgIpc) is 3.83. The number of hydrogen-bond acceptors (Lipinski definition) is 11. The van der Waals surface area contributed by atoms with Crippen LogP contribution in [0.15, 0.2) is 65.8 Å². The topological polar surface area (TPSA) is 330 Å². The summed E-state index contributed by atoms with van der Waals surface area (Å²) in [6.45, 7) is 1.12. The molecule has 350 valence electrons. The summed E-state index contributed by atoms with van der Waals surface area (Å²) >= 11 is 0. The molecule has 21 nitrogen and oxygen atoms in total. The lowest BCUT2D eigenvalue weighted by Crippen LogP contribution is -2.66. The Morgan fingerprint density at radius 3 is 2.23 bits per heavy atom. The summed E-state index contributed by atoms with van der Waals surface area (Å²) in [5, 5.41) is 20.5. The number of benzene rings is 2. The lowest BCUT2D eigenvalue weighted by Gasteiger charge is -2.41. The summed E-state index contributed by atoms with van der Waals surface area (Å²) in [5.74, 6) is -3.79. The van der Waals surface area contributed by atoms with Crippen LogP contribution in [0.1, 0.15) is 62.5 Å². The molecule has 0 saturated carbocycles. The number of para-hydroxylation sites is 1.